The number of morpholine rings is 1. The molecule has 3 aromatic rings. The Morgan fingerprint density at radius 2 is 1.81 bits per heavy atom. The maximum Gasteiger partial charge on any atom is 0.344 e. The van der Waals surface area contributed by atoms with Gasteiger partial charge in [-0.25, -0.2) is 4.79 Å². The van der Waals surface area contributed by atoms with E-state index in [0.717, 1.165) is 18.5 Å². The fraction of sp³-hybridized carbons (Fsp3) is 0.333. The van der Waals surface area contributed by atoms with Crippen molar-refractivity contribution in [3.63, 3.8) is 0 Å². The van der Waals surface area contributed by atoms with Crippen LogP contribution in [0, 0.1) is 0 Å². The third-order valence-electron chi connectivity index (χ3n) is 5.96. The number of carbonyl (C=O) groups is 1. The van der Waals surface area contributed by atoms with Crippen LogP contribution in [0.15, 0.2) is 63.8 Å². The van der Waals surface area contributed by atoms with Gasteiger partial charge in [-0.3, -0.25) is 9.69 Å². The summed E-state index contributed by atoms with van der Waals surface area (Å²) in [4.78, 5) is 27.8. The molecule has 2 saturated heterocycles. The van der Waals surface area contributed by atoms with Gasteiger partial charge in [-0.1, -0.05) is 30.3 Å². The van der Waals surface area contributed by atoms with Crippen LogP contribution in [0.25, 0.3) is 22.1 Å². The standard InChI is InChI=1S/C24H24N2O5/c27-23(25-20-14-30-15-21(20)26-8-10-29-11-9-26)18-6-3-5-16(12-18)19-13-17-4-1-2-7-22(17)31-24(19)28/h1-7,12-13,20-21H,8-11,14-15H2,(H,25,27)/t20-,21-/m0/s1. The molecule has 7 heteroatoms. The Morgan fingerprint density at radius 3 is 2.68 bits per heavy atom. The van der Waals surface area contributed by atoms with Crippen molar-refractivity contribution in [1.82, 2.24) is 10.2 Å². The lowest BCUT2D eigenvalue weighted by Crippen LogP contribution is -2.54. The van der Waals surface area contributed by atoms with Crippen molar-refractivity contribution < 1.29 is 18.7 Å². The van der Waals surface area contributed by atoms with E-state index >= 15 is 0 Å². The van der Waals surface area contributed by atoms with Crippen LogP contribution in [-0.4, -0.2) is 62.4 Å². The van der Waals surface area contributed by atoms with E-state index in [9.17, 15) is 9.59 Å². The minimum absolute atomic E-state index is 0.0833. The minimum atomic E-state index is -0.423. The Balaban J connectivity index is 1.37. The van der Waals surface area contributed by atoms with Crippen LogP contribution in [0.2, 0.25) is 0 Å². The predicted molar refractivity (Wildman–Crippen MR) is 116 cm³/mol. The first kappa shape index (κ1) is 19.9. The van der Waals surface area contributed by atoms with Gasteiger partial charge in [0.25, 0.3) is 5.91 Å². The van der Waals surface area contributed by atoms with Gasteiger partial charge in [0.2, 0.25) is 0 Å². The van der Waals surface area contributed by atoms with Crippen LogP contribution < -0.4 is 10.9 Å². The summed E-state index contributed by atoms with van der Waals surface area (Å²) in [6, 6.07) is 16.3. The van der Waals surface area contributed by atoms with Gasteiger partial charge in [-0.15, -0.1) is 0 Å². The van der Waals surface area contributed by atoms with Crippen LogP contribution >= 0.6 is 0 Å². The molecule has 3 heterocycles. The lowest BCUT2D eigenvalue weighted by Gasteiger charge is -2.34. The fourth-order valence-corrected chi connectivity index (χ4v) is 4.29. The first-order chi connectivity index (χ1) is 15.2. The highest BCUT2D eigenvalue weighted by molar-refractivity contribution is 5.96. The van der Waals surface area contributed by atoms with Gasteiger partial charge in [0.15, 0.2) is 0 Å². The number of hydrogen-bond acceptors (Lipinski definition) is 6. The maximum atomic E-state index is 13.0. The highest BCUT2D eigenvalue weighted by Crippen LogP contribution is 2.22. The van der Waals surface area contributed by atoms with Gasteiger partial charge in [0.1, 0.15) is 5.58 Å². The van der Waals surface area contributed by atoms with Crippen LogP contribution in [0.3, 0.4) is 0 Å². The zero-order valence-electron chi connectivity index (χ0n) is 17.1. The summed E-state index contributed by atoms with van der Waals surface area (Å²) in [6.07, 6.45) is 0. The molecule has 2 fully saturated rings. The maximum absolute atomic E-state index is 13.0. The van der Waals surface area contributed by atoms with Crippen molar-refractivity contribution >= 4 is 16.9 Å². The number of benzene rings is 2. The Bertz CT molecular complexity index is 1150. The highest BCUT2D eigenvalue weighted by Gasteiger charge is 2.35. The summed E-state index contributed by atoms with van der Waals surface area (Å²) in [7, 11) is 0. The molecule has 5 rings (SSSR count). The van der Waals surface area contributed by atoms with E-state index in [0.29, 0.717) is 48.7 Å². The lowest BCUT2D eigenvalue weighted by molar-refractivity contribution is 0.0108. The molecule has 0 unspecified atom stereocenters. The van der Waals surface area contributed by atoms with E-state index in [4.69, 9.17) is 13.9 Å². The molecular formula is C24H24N2O5. The van der Waals surface area contributed by atoms with Crippen molar-refractivity contribution in [2.45, 2.75) is 12.1 Å². The summed E-state index contributed by atoms with van der Waals surface area (Å²) in [6.45, 7) is 4.17. The smallest absolute Gasteiger partial charge is 0.344 e. The van der Waals surface area contributed by atoms with E-state index in [1.165, 1.54) is 0 Å². The Labute approximate surface area is 179 Å². The van der Waals surface area contributed by atoms with Gasteiger partial charge < -0.3 is 19.2 Å². The molecule has 1 N–H and O–H groups in total. The Kier molecular flexibility index (Phi) is 5.55. The summed E-state index contributed by atoms with van der Waals surface area (Å²) < 4.78 is 16.5. The second kappa shape index (κ2) is 8.63. The third-order valence-corrected chi connectivity index (χ3v) is 5.96. The average molecular weight is 420 g/mol. The normalized spacial score (nSPS) is 21.9. The molecule has 1 aromatic heterocycles. The van der Waals surface area contributed by atoms with Crippen LogP contribution in [0.5, 0.6) is 0 Å². The molecule has 2 aliphatic heterocycles. The number of hydrogen-bond donors (Lipinski definition) is 1. The molecule has 2 atom stereocenters. The number of para-hydroxylation sites is 1. The van der Waals surface area contributed by atoms with Crippen LogP contribution in [0.1, 0.15) is 10.4 Å². The molecule has 0 spiro atoms. The van der Waals surface area contributed by atoms with Gasteiger partial charge in [0, 0.05) is 24.0 Å². The Hall–Kier alpha value is -3.00. The van der Waals surface area contributed by atoms with E-state index in [1.807, 2.05) is 24.3 Å². The fourth-order valence-electron chi connectivity index (χ4n) is 4.29. The van der Waals surface area contributed by atoms with Crippen molar-refractivity contribution in [3.8, 4) is 11.1 Å². The molecule has 1 amide bonds. The number of ether oxygens (including phenoxy) is 2. The highest BCUT2D eigenvalue weighted by atomic mass is 16.5. The number of fused-ring (bicyclic) bond motifs is 1. The van der Waals surface area contributed by atoms with Crippen molar-refractivity contribution in [1.29, 1.82) is 0 Å². The second-order valence-electron chi connectivity index (χ2n) is 7.90. The molecule has 7 nitrogen and oxygen atoms in total. The average Bonchev–Trinajstić information content (AvgIpc) is 3.27. The summed E-state index contributed by atoms with van der Waals surface area (Å²) >= 11 is 0. The molecule has 31 heavy (non-hydrogen) atoms. The lowest BCUT2D eigenvalue weighted by atomic mass is 10.0. The molecule has 0 bridgehead atoms. The summed E-state index contributed by atoms with van der Waals surface area (Å²) in [5.41, 5.74) is 1.70. The number of rotatable bonds is 4. The van der Waals surface area contributed by atoms with E-state index in [1.54, 1.807) is 30.3 Å². The predicted octanol–water partition coefficient (Wildman–Crippen LogP) is 2.29. The summed E-state index contributed by atoms with van der Waals surface area (Å²) in [5.74, 6) is -0.180. The zero-order valence-corrected chi connectivity index (χ0v) is 17.1. The monoisotopic (exact) mass is 420 g/mol. The van der Waals surface area contributed by atoms with E-state index < -0.39 is 5.63 Å². The number of nitrogens with zero attached hydrogens (tertiary/aromatic N) is 1. The van der Waals surface area contributed by atoms with Crippen LogP contribution in [-0.2, 0) is 9.47 Å². The zero-order chi connectivity index (χ0) is 21.2. The van der Waals surface area contributed by atoms with Crippen molar-refractivity contribution in [2.24, 2.45) is 0 Å². The van der Waals surface area contributed by atoms with Gasteiger partial charge in [-0.2, -0.15) is 0 Å². The quantitative estimate of drug-likeness (QED) is 0.653. The molecule has 0 aliphatic carbocycles. The molecule has 2 aromatic carbocycles. The molecule has 0 saturated carbocycles. The second-order valence-corrected chi connectivity index (χ2v) is 7.90. The van der Waals surface area contributed by atoms with Gasteiger partial charge in [-0.05, 0) is 29.8 Å². The van der Waals surface area contributed by atoms with Crippen molar-refractivity contribution in [2.75, 3.05) is 39.5 Å². The third kappa shape index (κ3) is 4.12. The molecule has 2 aliphatic rings. The first-order valence-corrected chi connectivity index (χ1v) is 10.5. The number of amides is 1. The van der Waals surface area contributed by atoms with Gasteiger partial charge >= 0.3 is 5.63 Å². The van der Waals surface area contributed by atoms with Crippen LogP contribution in [0.4, 0.5) is 0 Å². The van der Waals surface area contributed by atoms with Crippen molar-refractivity contribution in [3.05, 3.63) is 70.6 Å². The van der Waals surface area contributed by atoms with Gasteiger partial charge in [0.05, 0.1) is 44.1 Å². The minimum Gasteiger partial charge on any atom is -0.422 e. The number of carbonyl (C=O) groups excluding carboxylic acids is 1. The SMILES string of the molecule is O=C(N[C@H]1COC[C@@H]1N1CCOCC1)c1cccc(-c2cc3ccccc3oc2=O)c1. The molecule has 0 radical (unpaired) electrons. The summed E-state index contributed by atoms with van der Waals surface area (Å²) in [5, 5.41) is 3.95. The molecular weight excluding hydrogens is 396 g/mol. The largest absolute Gasteiger partial charge is 0.422 e. The first-order valence-electron chi connectivity index (χ1n) is 10.5. The van der Waals surface area contributed by atoms with E-state index in [-0.39, 0.29) is 18.0 Å². The molecule has 160 valence electrons. The topological polar surface area (TPSA) is 81.0 Å². The van der Waals surface area contributed by atoms with E-state index in [2.05, 4.69) is 10.2 Å². The number of nitrogens with one attached hydrogen (secondary N) is 1. The Morgan fingerprint density at radius 1 is 0.968 bits per heavy atom.